The standard InChI is InChI=1S/C13H18O2S/c1-6(14)15-12-9-4-7-2-3-8-5-16-13(12)11(8)10(7)9/h7-13H,2-5H2,1H3/t7-,8+,9+,10+,11+,12+,13+/m0/s1. The number of thioether (sulfide) groups is 1. The maximum absolute atomic E-state index is 11.2. The van der Waals surface area contributed by atoms with Crippen LogP contribution in [0.2, 0.25) is 0 Å². The van der Waals surface area contributed by atoms with E-state index in [1.807, 2.05) is 0 Å². The number of esters is 1. The number of hydrogen-bond acceptors (Lipinski definition) is 3. The molecule has 88 valence electrons. The Morgan fingerprint density at radius 3 is 2.88 bits per heavy atom. The molecule has 3 aliphatic carbocycles. The van der Waals surface area contributed by atoms with E-state index >= 15 is 0 Å². The molecule has 0 radical (unpaired) electrons. The fourth-order valence-electron chi connectivity index (χ4n) is 4.95. The van der Waals surface area contributed by atoms with Gasteiger partial charge in [-0.05, 0) is 48.7 Å². The van der Waals surface area contributed by atoms with Crippen molar-refractivity contribution in [3.63, 3.8) is 0 Å². The summed E-state index contributed by atoms with van der Waals surface area (Å²) in [5, 5.41) is 0.647. The highest BCUT2D eigenvalue weighted by Gasteiger charge is 2.65. The minimum Gasteiger partial charge on any atom is -0.461 e. The Balaban J connectivity index is 1.65. The van der Waals surface area contributed by atoms with Gasteiger partial charge in [0.25, 0.3) is 0 Å². The van der Waals surface area contributed by atoms with E-state index in [4.69, 9.17) is 4.74 Å². The van der Waals surface area contributed by atoms with Gasteiger partial charge in [0.15, 0.2) is 0 Å². The average molecular weight is 238 g/mol. The highest BCUT2D eigenvalue weighted by Crippen LogP contribution is 2.67. The minimum absolute atomic E-state index is 0.0730. The van der Waals surface area contributed by atoms with E-state index in [2.05, 4.69) is 11.8 Å². The molecule has 3 heteroatoms. The number of rotatable bonds is 1. The van der Waals surface area contributed by atoms with Gasteiger partial charge in [0, 0.05) is 18.1 Å². The summed E-state index contributed by atoms with van der Waals surface area (Å²) in [7, 11) is 0. The van der Waals surface area contributed by atoms with E-state index in [1.165, 1.54) is 25.0 Å². The quantitative estimate of drug-likeness (QED) is 0.656. The van der Waals surface area contributed by atoms with Crippen molar-refractivity contribution in [1.82, 2.24) is 0 Å². The largest absolute Gasteiger partial charge is 0.461 e. The molecule has 7 atom stereocenters. The second-order valence-corrected chi connectivity index (χ2v) is 7.23. The van der Waals surface area contributed by atoms with Crippen molar-refractivity contribution < 1.29 is 9.53 Å². The molecule has 4 rings (SSSR count). The van der Waals surface area contributed by atoms with Crippen LogP contribution >= 0.6 is 11.8 Å². The molecule has 0 unspecified atom stereocenters. The van der Waals surface area contributed by atoms with Crippen molar-refractivity contribution in [2.75, 3.05) is 5.75 Å². The number of ether oxygens (including phenoxy) is 1. The molecule has 0 aromatic heterocycles. The summed E-state index contributed by atoms with van der Waals surface area (Å²) >= 11 is 2.09. The van der Waals surface area contributed by atoms with Gasteiger partial charge in [-0.2, -0.15) is 11.8 Å². The molecule has 0 aromatic carbocycles. The van der Waals surface area contributed by atoms with Crippen molar-refractivity contribution in [1.29, 1.82) is 0 Å². The van der Waals surface area contributed by atoms with Crippen LogP contribution in [0.3, 0.4) is 0 Å². The Kier molecular flexibility index (Phi) is 1.95. The summed E-state index contributed by atoms with van der Waals surface area (Å²) in [6, 6.07) is 0. The second-order valence-electron chi connectivity index (χ2n) is 6.02. The van der Waals surface area contributed by atoms with Crippen molar-refractivity contribution >= 4 is 17.7 Å². The smallest absolute Gasteiger partial charge is 0.302 e. The third kappa shape index (κ3) is 1.08. The van der Waals surface area contributed by atoms with Crippen LogP contribution in [-0.2, 0) is 9.53 Å². The van der Waals surface area contributed by atoms with Gasteiger partial charge in [-0.3, -0.25) is 4.79 Å². The first-order valence-corrected chi connectivity index (χ1v) is 7.59. The molecule has 1 heterocycles. The van der Waals surface area contributed by atoms with E-state index in [0.29, 0.717) is 5.25 Å². The van der Waals surface area contributed by atoms with Gasteiger partial charge in [0.2, 0.25) is 0 Å². The Bertz CT molecular complexity index is 343. The summed E-state index contributed by atoms with van der Waals surface area (Å²) in [5.74, 6) is 5.71. The Morgan fingerprint density at radius 2 is 2.06 bits per heavy atom. The van der Waals surface area contributed by atoms with Crippen LogP contribution in [0.15, 0.2) is 0 Å². The van der Waals surface area contributed by atoms with Crippen molar-refractivity contribution in [2.24, 2.45) is 29.6 Å². The van der Waals surface area contributed by atoms with Crippen LogP contribution in [0.5, 0.6) is 0 Å². The van der Waals surface area contributed by atoms with E-state index < -0.39 is 0 Å². The molecule has 3 saturated carbocycles. The molecule has 16 heavy (non-hydrogen) atoms. The zero-order valence-corrected chi connectivity index (χ0v) is 10.4. The fourth-order valence-corrected chi connectivity index (χ4v) is 6.88. The molecular formula is C13H18O2S. The van der Waals surface area contributed by atoms with Crippen LogP contribution in [0.25, 0.3) is 0 Å². The first kappa shape index (κ1) is 9.81. The molecule has 0 spiro atoms. The molecule has 4 aliphatic rings. The topological polar surface area (TPSA) is 26.3 Å². The van der Waals surface area contributed by atoms with E-state index in [-0.39, 0.29) is 12.1 Å². The lowest BCUT2D eigenvalue weighted by Crippen LogP contribution is -2.45. The van der Waals surface area contributed by atoms with Gasteiger partial charge in [-0.25, -0.2) is 0 Å². The maximum atomic E-state index is 11.2. The van der Waals surface area contributed by atoms with Crippen LogP contribution in [0.1, 0.15) is 26.2 Å². The van der Waals surface area contributed by atoms with Gasteiger partial charge in [0.05, 0.1) is 0 Å². The fraction of sp³-hybridized carbons (Fsp3) is 0.923. The van der Waals surface area contributed by atoms with Gasteiger partial charge in [-0.15, -0.1) is 0 Å². The third-order valence-corrected chi connectivity index (χ3v) is 7.03. The predicted octanol–water partition coefficient (Wildman–Crippen LogP) is 2.33. The molecule has 0 bridgehead atoms. The van der Waals surface area contributed by atoms with E-state index in [0.717, 1.165) is 29.6 Å². The molecule has 1 aliphatic heterocycles. The molecule has 0 N–H and O–H groups in total. The summed E-state index contributed by atoms with van der Waals surface area (Å²) in [6.07, 6.45) is 4.48. The van der Waals surface area contributed by atoms with Crippen LogP contribution in [-0.4, -0.2) is 23.1 Å². The maximum Gasteiger partial charge on any atom is 0.302 e. The monoisotopic (exact) mass is 238 g/mol. The molecular weight excluding hydrogens is 220 g/mol. The zero-order chi connectivity index (χ0) is 10.9. The van der Waals surface area contributed by atoms with Crippen molar-refractivity contribution in [3.05, 3.63) is 0 Å². The van der Waals surface area contributed by atoms with Gasteiger partial charge < -0.3 is 4.74 Å². The summed E-state index contributed by atoms with van der Waals surface area (Å²) in [5.41, 5.74) is 0. The number of carbonyl (C=O) groups excluding carboxylic acids is 1. The highest BCUT2D eigenvalue weighted by molar-refractivity contribution is 8.00. The summed E-state index contributed by atoms with van der Waals surface area (Å²) < 4.78 is 5.62. The SMILES string of the molecule is CC(=O)O[C@@H]1[C@@H]2C[C@@H]3CC[C@@H]4CS[C@@H]1[C@H]4[C@H]32. The zero-order valence-electron chi connectivity index (χ0n) is 9.59. The third-order valence-electron chi connectivity index (χ3n) is 5.44. The van der Waals surface area contributed by atoms with E-state index in [1.54, 1.807) is 6.92 Å². The van der Waals surface area contributed by atoms with Gasteiger partial charge >= 0.3 is 5.97 Å². The first-order chi connectivity index (χ1) is 7.75. The van der Waals surface area contributed by atoms with Gasteiger partial charge in [-0.1, -0.05) is 0 Å². The summed E-state index contributed by atoms with van der Waals surface area (Å²) in [4.78, 5) is 11.2. The lowest BCUT2D eigenvalue weighted by Gasteiger charge is -2.49. The van der Waals surface area contributed by atoms with E-state index in [9.17, 15) is 4.79 Å². The molecule has 0 amide bonds. The van der Waals surface area contributed by atoms with Crippen molar-refractivity contribution in [3.8, 4) is 0 Å². The lowest BCUT2D eigenvalue weighted by atomic mass is 9.56. The number of carbonyl (C=O) groups is 1. The van der Waals surface area contributed by atoms with Crippen LogP contribution in [0, 0.1) is 29.6 Å². The van der Waals surface area contributed by atoms with Crippen LogP contribution < -0.4 is 0 Å². The molecule has 4 fully saturated rings. The normalized spacial score (nSPS) is 56.7. The highest BCUT2D eigenvalue weighted by atomic mass is 32.2. The first-order valence-electron chi connectivity index (χ1n) is 6.54. The number of hydrogen-bond donors (Lipinski definition) is 0. The van der Waals surface area contributed by atoms with Gasteiger partial charge in [0.1, 0.15) is 6.10 Å². The Hall–Kier alpha value is -0.180. The minimum atomic E-state index is -0.0730. The van der Waals surface area contributed by atoms with Crippen molar-refractivity contribution in [2.45, 2.75) is 37.5 Å². The Labute approximate surface area is 100 Å². The molecule has 1 saturated heterocycles. The molecule has 2 nitrogen and oxygen atoms in total. The van der Waals surface area contributed by atoms with Crippen LogP contribution in [0.4, 0.5) is 0 Å². The second kappa shape index (κ2) is 3.18. The summed E-state index contributed by atoms with van der Waals surface area (Å²) in [6.45, 7) is 1.56. The lowest BCUT2D eigenvalue weighted by molar-refractivity contribution is -0.151. The average Bonchev–Trinajstić information content (AvgIpc) is 2.69. The Morgan fingerprint density at radius 1 is 1.25 bits per heavy atom. The predicted molar refractivity (Wildman–Crippen MR) is 63.1 cm³/mol. The molecule has 0 aromatic rings.